The monoisotopic (exact) mass is 408 g/mol. The van der Waals surface area contributed by atoms with Gasteiger partial charge in [-0.2, -0.15) is 0 Å². The van der Waals surface area contributed by atoms with E-state index in [-0.39, 0.29) is 0 Å². The molecule has 28 heavy (non-hydrogen) atoms. The van der Waals surface area contributed by atoms with Crippen LogP contribution in [-0.4, -0.2) is 22.1 Å². The molecule has 0 radical (unpaired) electrons. The van der Waals surface area contributed by atoms with Crippen molar-refractivity contribution in [1.29, 1.82) is 0 Å². The number of hydrogen-bond acceptors (Lipinski definition) is 5. The van der Waals surface area contributed by atoms with Crippen molar-refractivity contribution in [3.8, 4) is 0 Å². The Hall–Kier alpha value is -2.37. The zero-order valence-corrected chi connectivity index (χ0v) is 16.9. The predicted octanol–water partition coefficient (Wildman–Crippen LogP) is 6.33. The minimum atomic E-state index is 0.481. The molecule has 2 N–H and O–H groups in total. The molecule has 6 heteroatoms. The van der Waals surface area contributed by atoms with Crippen molar-refractivity contribution in [1.82, 2.24) is 9.97 Å². The number of pyridine rings is 1. The molecule has 1 aliphatic carbocycles. The molecule has 2 aromatic carbocycles. The van der Waals surface area contributed by atoms with Crippen molar-refractivity contribution < 1.29 is 0 Å². The van der Waals surface area contributed by atoms with Crippen LogP contribution in [0.4, 0.5) is 10.8 Å². The van der Waals surface area contributed by atoms with Crippen LogP contribution >= 0.6 is 22.9 Å². The van der Waals surface area contributed by atoms with E-state index in [0.29, 0.717) is 12.1 Å². The van der Waals surface area contributed by atoms with Gasteiger partial charge in [0.15, 0.2) is 5.13 Å². The van der Waals surface area contributed by atoms with E-state index in [0.717, 1.165) is 57.9 Å². The summed E-state index contributed by atoms with van der Waals surface area (Å²) in [7, 11) is 0. The van der Waals surface area contributed by atoms with Crippen LogP contribution in [0.15, 0.2) is 54.7 Å². The molecule has 1 fully saturated rings. The van der Waals surface area contributed by atoms with Crippen LogP contribution in [0.25, 0.3) is 21.1 Å². The Balaban J connectivity index is 1.23. The average molecular weight is 409 g/mol. The van der Waals surface area contributed by atoms with Gasteiger partial charge in [0, 0.05) is 34.4 Å². The number of thiazole rings is 1. The number of benzene rings is 2. The number of nitrogens with zero attached hydrogens (tertiary/aromatic N) is 2. The fourth-order valence-electron chi connectivity index (χ4n) is 3.96. The lowest BCUT2D eigenvalue weighted by molar-refractivity contribution is 0.429. The molecular formula is C22H21ClN4S. The molecule has 4 aromatic rings. The van der Waals surface area contributed by atoms with Crippen LogP contribution in [0.5, 0.6) is 0 Å². The summed E-state index contributed by atoms with van der Waals surface area (Å²) in [5, 5.41) is 10.3. The van der Waals surface area contributed by atoms with Crippen LogP contribution in [0.3, 0.4) is 0 Å². The topological polar surface area (TPSA) is 49.8 Å². The zero-order chi connectivity index (χ0) is 18.9. The van der Waals surface area contributed by atoms with Gasteiger partial charge in [0.05, 0.1) is 15.7 Å². The van der Waals surface area contributed by atoms with E-state index in [4.69, 9.17) is 16.6 Å². The van der Waals surface area contributed by atoms with Crippen molar-refractivity contribution >= 4 is 54.9 Å². The highest BCUT2D eigenvalue weighted by molar-refractivity contribution is 7.22. The van der Waals surface area contributed by atoms with Gasteiger partial charge in [0.2, 0.25) is 0 Å². The second kappa shape index (κ2) is 7.57. The van der Waals surface area contributed by atoms with Crippen molar-refractivity contribution in [2.45, 2.75) is 37.8 Å². The summed E-state index contributed by atoms with van der Waals surface area (Å²) < 4.78 is 1.24. The van der Waals surface area contributed by atoms with E-state index in [9.17, 15) is 0 Å². The van der Waals surface area contributed by atoms with Crippen LogP contribution in [0.2, 0.25) is 5.02 Å². The lowest BCUT2D eigenvalue weighted by Crippen LogP contribution is -2.32. The van der Waals surface area contributed by atoms with E-state index < -0.39 is 0 Å². The van der Waals surface area contributed by atoms with E-state index in [1.54, 1.807) is 11.3 Å². The maximum absolute atomic E-state index is 6.10. The Morgan fingerprint density at radius 3 is 2.50 bits per heavy atom. The molecule has 0 unspecified atom stereocenters. The summed E-state index contributed by atoms with van der Waals surface area (Å²) in [6.45, 7) is 0. The first-order valence-electron chi connectivity index (χ1n) is 9.67. The molecule has 1 saturated carbocycles. The average Bonchev–Trinajstić information content (AvgIpc) is 3.12. The Kier molecular flexibility index (Phi) is 4.79. The van der Waals surface area contributed by atoms with Gasteiger partial charge in [0.1, 0.15) is 0 Å². The van der Waals surface area contributed by atoms with Crippen molar-refractivity contribution in [3.63, 3.8) is 0 Å². The number of rotatable bonds is 4. The fourth-order valence-corrected chi connectivity index (χ4v) is 5.07. The first kappa shape index (κ1) is 17.7. The minimum absolute atomic E-state index is 0.481. The lowest BCUT2D eigenvalue weighted by Gasteiger charge is -2.30. The van der Waals surface area contributed by atoms with Gasteiger partial charge in [-0.1, -0.05) is 35.1 Å². The molecule has 0 atom stereocenters. The van der Waals surface area contributed by atoms with Crippen LogP contribution in [-0.2, 0) is 0 Å². The van der Waals surface area contributed by atoms with Gasteiger partial charge >= 0.3 is 0 Å². The molecule has 0 bridgehead atoms. The molecule has 0 amide bonds. The fraction of sp³-hybridized carbons (Fsp3) is 0.273. The van der Waals surface area contributed by atoms with Gasteiger partial charge in [-0.15, -0.1) is 0 Å². The summed E-state index contributed by atoms with van der Waals surface area (Å²) in [6.07, 6.45) is 6.41. The predicted molar refractivity (Wildman–Crippen MR) is 120 cm³/mol. The summed E-state index contributed by atoms with van der Waals surface area (Å²) in [4.78, 5) is 9.14. The third-order valence-electron chi connectivity index (χ3n) is 5.41. The zero-order valence-electron chi connectivity index (χ0n) is 15.4. The van der Waals surface area contributed by atoms with E-state index in [1.165, 1.54) is 4.70 Å². The van der Waals surface area contributed by atoms with Gasteiger partial charge in [-0.25, -0.2) is 4.98 Å². The molecule has 2 heterocycles. The van der Waals surface area contributed by atoms with Gasteiger partial charge in [-0.05, 0) is 62.1 Å². The third kappa shape index (κ3) is 3.64. The number of nitrogens with one attached hydrogen (secondary N) is 2. The van der Waals surface area contributed by atoms with Crippen LogP contribution in [0, 0.1) is 0 Å². The molecule has 142 valence electrons. The standard InChI is InChI=1S/C22H21ClN4S/c23-14-5-10-17-18(11-12-24-20(17)13-14)25-15-6-8-16(9-7-15)26-22-27-19-3-1-2-4-21(19)28-22/h1-5,10-13,15-16H,6-9H2,(H,24,25)(H,26,27)/t15-,16+. The van der Waals surface area contributed by atoms with Gasteiger partial charge in [0.25, 0.3) is 0 Å². The third-order valence-corrected chi connectivity index (χ3v) is 6.62. The normalized spacial score (nSPS) is 19.8. The van der Waals surface area contributed by atoms with E-state index in [1.807, 2.05) is 30.5 Å². The number of para-hydroxylation sites is 1. The number of halogens is 1. The molecular weight excluding hydrogens is 388 g/mol. The summed E-state index contributed by atoms with van der Waals surface area (Å²) >= 11 is 7.84. The summed E-state index contributed by atoms with van der Waals surface area (Å²) in [5.41, 5.74) is 3.16. The molecule has 0 spiro atoms. The maximum atomic E-state index is 6.10. The second-order valence-electron chi connectivity index (χ2n) is 7.34. The van der Waals surface area contributed by atoms with E-state index >= 15 is 0 Å². The maximum Gasteiger partial charge on any atom is 0.184 e. The molecule has 1 aliphatic rings. The van der Waals surface area contributed by atoms with Gasteiger partial charge < -0.3 is 10.6 Å². The highest BCUT2D eigenvalue weighted by Crippen LogP contribution is 2.31. The Labute approximate surface area is 173 Å². The SMILES string of the molecule is Clc1ccc2c(N[C@H]3CC[C@@H](Nc4nc5ccccc5s4)CC3)ccnc2c1. The van der Waals surface area contributed by atoms with Crippen LogP contribution in [0.1, 0.15) is 25.7 Å². The van der Waals surface area contributed by atoms with Crippen molar-refractivity contribution in [2.24, 2.45) is 0 Å². The number of fused-ring (bicyclic) bond motifs is 2. The summed E-state index contributed by atoms with van der Waals surface area (Å²) in [6, 6.07) is 17.2. The molecule has 5 rings (SSSR count). The molecule has 4 nitrogen and oxygen atoms in total. The largest absolute Gasteiger partial charge is 0.382 e. The van der Waals surface area contributed by atoms with E-state index in [2.05, 4.69) is 39.9 Å². The Bertz CT molecular complexity index is 1080. The second-order valence-corrected chi connectivity index (χ2v) is 8.81. The van der Waals surface area contributed by atoms with Crippen LogP contribution < -0.4 is 10.6 Å². The highest BCUT2D eigenvalue weighted by Gasteiger charge is 2.22. The highest BCUT2D eigenvalue weighted by atomic mass is 35.5. The molecule has 2 aromatic heterocycles. The quantitative estimate of drug-likeness (QED) is 0.414. The summed E-state index contributed by atoms with van der Waals surface area (Å²) in [5.74, 6) is 0. The smallest absolute Gasteiger partial charge is 0.184 e. The minimum Gasteiger partial charge on any atom is -0.382 e. The Morgan fingerprint density at radius 1 is 0.893 bits per heavy atom. The van der Waals surface area contributed by atoms with Crippen molar-refractivity contribution in [2.75, 3.05) is 10.6 Å². The number of hydrogen-bond donors (Lipinski definition) is 2. The first-order chi connectivity index (χ1) is 13.7. The van der Waals surface area contributed by atoms with Gasteiger partial charge in [-0.3, -0.25) is 4.98 Å². The molecule has 0 saturated heterocycles. The number of anilines is 2. The Morgan fingerprint density at radius 2 is 1.68 bits per heavy atom. The van der Waals surface area contributed by atoms with Crippen molar-refractivity contribution in [3.05, 3.63) is 59.8 Å². The lowest BCUT2D eigenvalue weighted by atomic mass is 9.91. The number of aromatic nitrogens is 2. The molecule has 0 aliphatic heterocycles. The first-order valence-corrected chi connectivity index (χ1v) is 10.9.